The summed E-state index contributed by atoms with van der Waals surface area (Å²) in [5, 5.41) is 17.6. The summed E-state index contributed by atoms with van der Waals surface area (Å²) in [7, 11) is 1.72. The lowest BCUT2D eigenvalue weighted by Gasteiger charge is -2.10. The summed E-state index contributed by atoms with van der Waals surface area (Å²) in [6.07, 6.45) is -1.46. The molecule has 0 saturated carbocycles. The van der Waals surface area contributed by atoms with Crippen LogP contribution >= 0.6 is 0 Å². The van der Waals surface area contributed by atoms with Gasteiger partial charge in [-0.3, -0.25) is 4.68 Å². The molecule has 0 bridgehead atoms. The number of aliphatic hydroxyl groups is 1. The van der Waals surface area contributed by atoms with Crippen molar-refractivity contribution in [3.63, 3.8) is 0 Å². The van der Waals surface area contributed by atoms with E-state index in [0.29, 0.717) is 11.3 Å². The average Bonchev–Trinajstić information content (AvgIpc) is 2.75. The molecular weight excluding hydrogens is 240 g/mol. The third kappa shape index (κ3) is 2.89. The Morgan fingerprint density at radius 3 is 2.67 bits per heavy atom. The highest BCUT2D eigenvalue weighted by atomic mass is 19.3. The van der Waals surface area contributed by atoms with Crippen LogP contribution in [0.15, 0.2) is 30.5 Å². The third-order valence-corrected chi connectivity index (χ3v) is 2.60. The van der Waals surface area contributed by atoms with Crippen molar-refractivity contribution in [3.05, 3.63) is 47.3 Å². The lowest BCUT2D eigenvalue weighted by atomic mass is 10.0. The number of alkyl halides is 2. The molecule has 2 aromatic rings. The summed E-state index contributed by atoms with van der Waals surface area (Å²) in [5.41, 5.74) is 0.983. The molecule has 96 valence electrons. The van der Waals surface area contributed by atoms with Gasteiger partial charge in [0, 0.05) is 25.2 Å². The van der Waals surface area contributed by atoms with Crippen LogP contribution in [0.25, 0.3) is 0 Å². The lowest BCUT2D eigenvalue weighted by molar-refractivity contribution is 0.149. The molecule has 0 amide bonds. The molecule has 6 heteroatoms. The standard InChI is InChI=1S/C12H13F2N3O/c1-17-7-10(15-16-17)6-11(18)8-3-2-4-9(5-8)12(13)14/h2-5,7,11-12,18H,6H2,1H3. The van der Waals surface area contributed by atoms with E-state index in [0.717, 1.165) is 0 Å². The van der Waals surface area contributed by atoms with E-state index < -0.39 is 12.5 Å². The van der Waals surface area contributed by atoms with Crippen LogP contribution in [-0.4, -0.2) is 20.1 Å². The fraction of sp³-hybridized carbons (Fsp3) is 0.333. The first-order chi connectivity index (χ1) is 8.56. The Labute approximate surface area is 103 Å². The van der Waals surface area contributed by atoms with Gasteiger partial charge in [-0.2, -0.15) is 0 Å². The van der Waals surface area contributed by atoms with Gasteiger partial charge in [-0.25, -0.2) is 8.78 Å². The molecule has 0 aliphatic rings. The van der Waals surface area contributed by atoms with Crippen molar-refractivity contribution in [2.24, 2.45) is 7.05 Å². The second kappa shape index (κ2) is 5.22. The van der Waals surface area contributed by atoms with Crippen LogP contribution in [0.1, 0.15) is 29.4 Å². The van der Waals surface area contributed by atoms with E-state index >= 15 is 0 Å². The molecule has 4 nitrogen and oxygen atoms in total. The molecule has 1 atom stereocenters. The molecule has 0 spiro atoms. The van der Waals surface area contributed by atoms with Crippen LogP contribution in [0, 0.1) is 0 Å². The van der Waals surface area contributed by atoms with Gasteiger partial charge in [-0.1, -0.05) is 23.4 Å². The van der Waals surface area contributed by atoms with Crippen molar-refractivity contribution >= 4 is 0 Å². The second-order valence-corrected chi connectivity index (χ2v) is 4.07. The summed E-state index contributed by atoms with van der Waals surface area (Å²) in [6.45, 7) is 0. The van der Waals surface area contributed by atoms with Crippen molar-refractivity contribution < 1.29 is 13.9 Å². The second-order valence-electron chi connectivity index (χ2n) is 4.07. The first-order valence-electron chi connectivity index (χ1n) is 5.47. The molecule has 1 unspecified atom stereocenters. The number of aliphatic hydroxyl groups excluding tert-OH is 1. The fourth-order valence-corrected chi connectivity index (χ4v) is 1.71. The van der Waals surface area contributed by atoms with Gasteiger partial charge in [0.2, 0.25) is 0 Å². The Morgan fingerprint density at radius 1 is 1.33 bits per heavy atom. The van der Waals surface area contributed by atoms with E-state index in [-0.39, 0.29) is 12.0 Å². The smallest absolute Gasteiger partial charge is 0.263 e. The van der Waals surface area contributed by atoms with Crippen LogP contribution in [0.3, 0.4) is 0 Å². The molecule has 1 aromatic carbocycles. The van der Waals surface area contributed by atoms with Crippen molar-refractivity contribution in [1.29, 1.82) is 0 Å². The monoisotopic (exact) mass is 253 g/mol. The van der Waals surface area contributed by atoms with E-state index in [1.54, 1.807) is 19.3 Å². The van der Waals surface area contributed by atoms with E-state index in [9.17, 15) is 13.9 Å². The number of hydrogen-bond acceptors (Lipinski definition) is 3. The average molecular weight is 253 g/mol. The Balaban J connectivity index is 2.13. The van der Waals surface area contributed by atoms with Gasteiger partial charge in [-0.05, 0) is 11.6 Å². The Kier molecular flexibility index (Phi) is 3.66. The van der Waals surface area contributed by atoms with Crippen molar-refractivity contribution in [2.45, 2.75) is 19.0 Å². The predicted molar refractivity (Wildman–Crippen MR) is 61.1 cm³/mol. The Bertz CT molecular complexity index is 528. The molecule has 1 N–H and O–H groups in total. The zero-order chi connectivity index (χ0) is 13.1. The molecule has 18 heavy (non-hydrogen) atoms. The summed E-state index contributed by atoms with van der Waals surface area (Å²) in [6, 6.07) is 5.78. The zero-order valence-corrected chi connectivity index (χ0v) is 9.79. The van der Waals surface area contributed by atoms with Gasteiger partial charge in [0.25, 0.3) is 6.43 Å². The topological polar surface area (TPSA) is 50.9 Å². The highest BCUT2D eigenvalue weighted by molar-refractivity contribution is 5.26. The molecule has 0 aliphatic heterocycles. The van der Waals surface area contributed by atoms with Gasteiger partial charge in [0.1, 0.15) is 0 Å². The first kappa shape index (κ1) is 12.6. The third-order valence-electron chi connectivity index (χ3n) is 2.60. The molecule has 1 aromatic heterocycles. The Morgan fingerprint density at radius 2 is 2.06 bits per heavy atom. The molecule has 0 fully saturated rings. The zero-order valence-electron chi connectivity index (χ0n) is 9.79. The lowest BCUT2D eigenvalue weighted by Crippen LogP contribution is -2.03. The number of aryl methyl sites for hydroxylation is 1. The molecule has 0 radical (unpaired) electrons. The molecule has 0 aliphatic carbocycles. The number of halogens is 2. The quantitative estimate of drug-likeness (QED) is 0.907. The van der Waals surface area contributed by atoms with Crippen LogP contribution in [0.2, 0.25) is 0 Å². The maximum absolute atomic E-state index is 12.5. The van der Waals surface area contributed by atoms with Crippen molar-refractivity contribution in [2.75, 3.05) is 0 Å². The SMILES string of the molecule is Cn1cc(CC(O)c2cccc(C(F)F)c2)nn1. The van der Waals surface area contributed by atoms with Crippen molar-refractivity contribution in [3.8, 4) is 0 Å². The highest BCUT2D eigenvalue weighted by Crippen LogP contribution is 2.23. The van der Waals surface area contributed by atoms with Gasteiger partial charge in [0.15, 0.2) is 0 Å². The van der Waals surface area contributed by atoms with Gasteiger partial charge in [-0.15, -0.1) is 5.10 Å². The molecule has 0 saturated heterocycles. The minimum Gasteiger partial charge on any atom is -0.388 e. The van der Waals surface area contributed by atoms with Crippen LogP contribution in [0.5, 0.6) is 0 Å². The molecule has 1 heterocycles. The van der Waals surface area contributed by atoms with Gasteiger partial charge in [0.05, 0.1) is 11.8 Å². The largest absolute Gasteiger partial charge is 0.388 e. The van der Waals surface area contributed by atoms with E-state index in [1.165, 1.54) is 22.9 Å². The predicted octanol–water partition coefficient (Wildman–Crippen LogP) is 2.03. The summed E-state index contributed by atoms with van der Waals surface area (Å²) in [4.78, 5) is 0. The van der Waals surface area contributed by atoms with E-state index in [2.05, 4.69) is 10.3 Å². The maximum Gasteiger partial charge on any atom is 0.263 e. The minimum absolute atomic E-state index is 0.0919. The summed E-state index contributed by atoms with van der Waals surface area (Å²) < 4.78 is 26.6. The van der Waals surface area contributed by atoms with Crippen LogP contribution in [-0.2, 0) is 13.5 Å². The minimum atomic E-state index is -2.53. The van der Waals surface area contributed by atoms with Gasteiger partial charge < -0.3 is 5.11 Å². The summed E-state index contributed by atoms with van der Waals surface area (Å²) >= 11 is 0. The van der Waals surface area contributed by atoms with Gasteiger partial charge >= 0.3 is 0 Å². The van der Waals surface area contributed by atoms with Crippen LogP contribution in [0.4, 0.5) is 8.78 Å². The van der Waals surface area contributed by atoms with E-state index in [4.69, 9.17) is 0 Å². The number of aromatic nitrogens is 3. The first-order valence-corrected chi connectivity index (χ1v) is 5.47. The molecular formula is C12H13F2N3O. The van der Waals surface area contributed by atoms with Crippen LogP contribution < -0.4 is 0 Å². The Hall–Kier alpha value is -1.82. The molecule has 2 rings (SSSR count). The van der Waals surface area contributed by atoms with Crippen molar-refractivity contribution in [1.82, 2.24) is 15.0 Å². The normalized spacial score (nSPS) is 12.9. The maximum atomic E-state index is 12.5. The number of benzene rings is 1. The highest BCUT2D eigenvalue weighted by Gasteiger charge is 2.14. The fourth-order valence-electron chi connectivity index (χ4n) is 1.71. The number of rotatable bonds is 4. The van der Waals surface area contributed by atoms with E-state index in [1.807, 2.05) is 0 Å². The summed E-state index contributed by atoms with van der Waals surface area (Å²) in [5.74, 6) is 0. The number of hydrogen-bond donors (Lipinski definition) is 1. The number of nitrogens with zero attached hydrogens (tertiary/aromatic N) is 3.